The van der Waals surface area contributed by atoms with Gasteiger partial charge < -0.3 is 10.1 Å². The van der Waals surface area contributed by atoms with Crippen molar-refractivity contribution < 1.29 is 4.74 Å². The molecule has 2 heterocycles. The lowest BCUT2D eigenvalue weighted by Crippen LogP contribution is -2.19. The summed E-state index contributed by atoms with van der Waals surface area (Å²) < 4.78 is 9.33. The van der Waals surface area contributed by atoms with Gasteiger partial charge in [-0.05, 0) is 37.3 Å². The molecule has 1 atom stereocenters. The predicted octanol–water partition coefficient (Wildman–Crippen LogP) is 1.20. The number of hydrogen-bond donors (Lipinski definition) is 1. The normalized spacial score (nSPS) is 21.6. The quantitative estimate of drug-likeness (QED) is 0.747. The van der Waals surface area contributed by atoms with Crippen LogP contribution >= 0.6 is 11.5 Å². The second-order valence-corrected chi connectivity index (χ2v) is 4.11. The summed E-state index contributed by atoms with van der Waals surface area (Å²) in [5.74, 6) is 0. The first-order valence-corrected chi connectivity index (χ1v) is 5.87. The standard InChI is InChI=1S/C9H15N3OS/c1-2-9(13-5-1)3-4-10-6-8-7-14-12-11-8/h7,9-10H,1-6H2. The number of hydrogen-bond acceptors (Lipinski definition) is 5. The van der Waals surface area contributed by atoms with Crippen molar-refractivity contribution >= 4 is 11.5 Å². The Morgan fingerprint density at radius 3 is 3.36 bits per heavy atom. The van der Waals surface area contributed by atoms with Gasteiger partial charge in [-0.1, -0.05) is 4.49 Å². The summed E-state index contributed by atoms with van der Waals surface area (Å²) in [5.41, 5.74) is 1.03. The van der Waals surface area contributed by atoms with Gasteiger partial charge in [0.1, 0.15) is 0 Å². The van der Waals surface area contributed by atoms with Crippen molar-refractivity contribution in [2.75, 3.05) is 13.2 Å². The van der Waals surface area contributed by atoms with Gasteiger partial charge in [0.2, 0.25) is 0 Å². The molecule has 2 rings (SSSR count). The molecule has 0 amide bonds. The summed E-state index contributed by atoms with van der Waals surface area (Å²) in [6.45, 7) is 2.77. The molecule has 0 spiro atoms. The van der Waals surface area contributed by atoms with Crippen LogP contribution in [0.5, 0.6) is 0 Å². The monoisotopic (exact) mass is 213 g/mol. The van der Waals surface area contributed by atoms with Crippen molar-refractivity contribution in [1.82, 2.24) is 14.9 Å². The van der Waals surface area contributed by atoms with Gasteiger partial charge in [0.15, 0.2) is 0 Å². The average molecular weight is 213 g/mol. The second-order valence-electron chi connectivity index (χ2n) is 3.50. The SMILES string of the molecule is c1snnc1CNCCC1CCCO1. The van der Waals surface area contributed by atoms with Gasteiger partial charge in [-0.2, -0.15) is 0 Å². The van der Waals surface area contributed by atoms with Gasteiger partial charge in [0, 0.05) is 18.5 Å². The molecule has 0 aliphatic carbocycles. The number of ether oxygens (including phenoxy) is 1. The summed E-state index contributed by atoms with van der Waals surface area (Å²) in [6, 6.07) is 0. The first-order chi connectivity index (χ1) is 6.95. The van der Waals surface area contributed by atoms with E-state index in [4.69, 9.17) is 4.74 Å². The van der Waals surface area contributed by atoms with Gasteiger partial charge in [-0.25, -0.2) is 0 Å². The molecule has 78 valence electrons. The summed E-state index contributed by atoms with van der Waals surface area (Å²) >= 11 is 1.40. The minimum atomic E-state index is 0.482. The molecule has 1 saturated heterocycles. The van der Waals surface area contributed by atoms with Crippen LogP contribution in [0.15, 0.2) is 5.38 Å². The second kappa shape index (κ2) is 5.38. The van der Waals surface area contributed by atoms with Crippen LogP contribution < -0.4 is 5.32 Å². The highest BCUT2D eigenvalue weighted by atomic mass is 32.1. The Hall–Kier alpha value is -0.520. The Morgan fingerprint density at radius 1 is 1.64 bits per heavy atom. The summed E-state index contributed by atoms with van der Waals surface area (Å²) in [5, 5.41) is 9.27. The molecular formula is C9H15N3OS. The Bertz CT molecular complexity index is 247. The third-order valence-corrected chi connectivity index (χ3v) is 2.93. The van der Waals surface area contributed by atoms with Gasteiger partial charge in [0.25, 0.3) is 0 Å². The zero-order chi connectivity index (χ0) is 9.64. The first-order valence-electron chi connectivity index (χ1n) is 5.03. The first kappa shape index (κ1) is 10.0. The maximum Gasteiger partial charge on any atom is 0.0893 e. The van der Waals surface area contributed by atoms with Crippen LogP contribution in [0.25, 0.3) is 0 Å². The van der Waals surface area contributed by atoms with Crippen molar-refractivity contribution in [2.45, 2.75) is 31.9 Å². The van der Waals surface area contributed by atoms with E-state index in [1.165, 1.54) is 24.4 Å². The molecule has 0 radical (unpaired) electrons. The highest BCUT2D eigenvalue weighted by molar-refractivity contribution is 7.03. The molecule has 14 heavy (non-hydrogen) atoms. The van der Waals surface area contributed by atoms with Crippen molar-refractivity contribution in [2.24, 2.45) is 0 Å². The lowest BCUT2D eigenvalue weighted by Gasteiger charge is -2.08. The van der Waals surface area contributed by atoms with Crippen LogP contribution in [0.2, 0.25) is 0 Å². The molecular weight excluding hydrogens is 198 g/mol. The summed E-state index contributed by atoms with van der Waals surface area (Å²) in [4.78, 5) is 0. The van der Waals surface area contributed by atoms with Gasteiger partial charge >= 0.3 is 0 Å². The van der Waals surface area contributed by atoms with Gasteiger partial charge in [0.05, 0.1) is 11.8 Å². The highest BCUT2D eigenvalue weighted by Crippen LogP contribution is 2.14. The Morgan fingerprint density at radius 2 is 2.64 bits per heavy atom. The molecule has 5 heteroatoms. The average Bonchev–Trinajstić information content (AvgIpc) is 2.86. The maximum absolute atomic E-state index is 5.52. The minimum absolute atomic E-state index is 0.482. The predicted molar refractivity (Wildman–Crippen MR) is 55.2 cm³/mol. The molecule has 1 aliphatic rings. The van der Waals surface area contributed by atoms with E-state index in [1.54, 1.807) is 0 Å². The Kier molecular flexibility index (Phi) is 3.85. The van der Waals surface area contributed by atoms with Crippen LogP contribution in [-0.2, 0) is 11.3 Å². The molecule has 1 aliphatic heterocycles. The van der Waals surface area contributed by atoms with E-state index >= 15 is 0 Å². The highest BCUT2D eigenvalue weighted by Gasteiger charge is 2.14. The Labute approximate surface area is 87.8 Å². The van der Waals surface area contributed by atoms with Crippen LogP contribution in [0.3, 0.4) is 0 Å². The molecule has 1 aromatic heterocycles. The summed E-state index contributed by atoms with van der Waals surface area (Å²) in [7, 11) is 0. The lowest BCUT2D eigenvalue weighted by atomic mass is 10.2. The molecule has 1 aromatic rings. The fourth-order valence-electron chi connectivity index (χ4n) is 1.61. The summed E-state index contributed by atoms with van der Waals surface area (Å²) in [6.07, 6.45) is 4.04. The molecule has 0 aromatic carbocycles. The molecule has 1 fully saturated rings. The fourth-order valence-corrected chi connectivity index (χ4v) is 2.06. The van der Waals surface area contributed by atoms with Crippen molar-refractivity contribution in [3.05, 3.63) is 11.1 Å². The van der Waals surface area contributed by atoms with E-state index < -0.39 is 0 Å². The van der Waals surface area contributed by atoms with E-state index in [9.17, 15) is 0 Å². The molecule has 0 bridgehead atoms. The smallest absolute Gasteiger partial charge is 0.0893 e. The van der Waals surface area contributed by atoms with E-state index in [0.29, 0.717) is 6.10 Å². The van der Waals surface area contributed by atoms with E-state index in [2.05, 4.69) is 14.9 Å². The van der Waals surface area contributed by atoms with Crippen LogP contribution in [0.4, 0.5) is 0 Å². The van der Waals surface area contributed by atoms with E-state index in [0.717, 1.165) is 31.8 Å². The van der Waals surface area contributed by atoms with Crippen molar-refractivity contribution in [1.29, 1.82) is 0 Å². The maximum atomic E-state index is 5.52. The fraction of sp³-hybridized carbons (Fsp3) is 0.778. The van der Waals surface area contributed by atoms with Crippen molar-refractivity contribution in [3.63, 3.8) is 0 Å². The molecule has 1 unspecified atom stereocenters. The number of aromatic nitrogens is 2. The topological polar surface area (TPSA) is 47.0 Å². The van der Waals surface area contributed by atoms with Crippen LogP contribution in [0.1, 0.15) is 25.0 Å². The van der Waals surface area contributed by atoms with E-state index in [-0.39, 0.29) is 0 Å². The lowest BCUT2D eigenvalue weighted by molar-refractivity contribution is 0.104. The minimum Gasteiger partial charge on any atom is -0.378 e. The van der Waals surface area contributed by atoms with E-state index in [1.807, 2.05) is 5.38 Å². The van der Waals surface area contributed by atoms with Gasteiger partial charge in [-0.3, -0.25) is 0 Å². The molecule has 1 N–H and O–H groups in total. The number of rotatable bonds is 5. The van der Waals surface area contributed by atoms with Crippen LogP contribution in [-0.4, -0.2) is 28.8 Å². The largest absolute Gasteiger partial charge is 0.378 e. The molecule has 4 nitrogen and oxygen atoms in total. The number of nitrogens with zero attached hydrogens (tertiary/aromatic N) is 2. The van der Waals surface area contributed by atoms with Crippen LogP contribution in [0, 0.1) is 0 Å². The third kappa shape index (κ3) is 3.01. The number of nitrogens with one attached hydrogen (secondary N) is 1. The third-order valence-electron chi connectivity index (χ3n) is 2.38. The zero-order valence-electron chi connectivity index (χ0n) is 8.11. The Balaban J connectivity index is 1.55. The van der Waals surface area contributed by atoms with Gasteiger partial charge in [-0.15, -0.1) is 5.10 Å². The zero-order valence-corrected chi connectivity index (χ0v) is 8.92. The molecule has 0 saturated carbocycles. The van der Waals surface area contributed by atoms with Crippen molar-refractivity contribution in [3.8, 4) is 0 Å².